The minimum absolute atomic E-state index is 0.714. The molecule has 2 heterocycles. The van der Waals surface area contributed by atoms with Gasteiger partial charge in [-0.25, -0.2) is 0 Å². The van der Waals surface area contributed by atoms with E-state index < -0.39 is 0 Å². The van der Waals surface area contributed by atoms with E-state index in [0.717, 1.165) is 29.9 Å². The third kappa shape index (κ3) is 3.85. The van der Waals surface area contributed by atoms with E-state index in [-0.39, 0.29) is 0 Å². The highest BCUT2D eigenvalue weighted by atomic mass is 32.1. The molecular formula is C18H22N4S. The Balaban J connectivity index is 1.75. The molecule has 1 aromatic heterocycles. The maximum atomic E-state index is 5.49. The van der Waals surface area contributed by atoms with Crippen molar-refractivity contribution in [3.05, 3.63) is 42.2 Å². The molecule has 3 rings (SSSR count). The molecule has 1 aromatic carbocycles. The Bertz CT molecular complexity index is 713. The zero-order valence-corrected chi connectivity index (χ0v) is 14.3. The smallest absolute Gasteiger partial charge is 0.189 e. The Kier molecular flexibility index (Phi) is 5.18. The van der Waals surface area contributed by atoms with Crippen molar-refractivity contribution in [1.29, 1.82) is 0 Å². The molecule has 1 aliphatic rings. The molecule has 1 aliphatic heterocycles. The van der Waals surface area contributed by atoms with Crippen LogP contribution in [0.5, 0.6) is 0 Å². The minimum Gasteiger partial charge on any atom is -0.348 e. The molecule has 5 heteroatoms. The molecule has 1 N–H and O–H groups in total. The lowest BCUT2D eigenvalue weighted by molar-refractivity contribution is 0.428. The molecule has 0 bridgehead atoms. The Labute approximate surface area is 142 Å². The molecular weight excluding hydrogens is 304 g/mol. The van der Waals surface area contributed by atoms with E-state index in [1.807, 2.05) is 31.3 Å². The van der Waals surface area contributed by atoms with Gasteiger partial charge in [-0.1, -0.05) is 37.1 Å². The number of nitrogens with zero attached hydrogens (tertiary/aromatic N) is 3. The first kappa shape index (κ1) is 15.9. The summed E-state index contributed by atoms with van der Waals surface area (Å²) in [5.41, 5.74) is 4.79. The van der Waals surface area contributed by atoms with E-state index in [1.54, 1.807) is 0 Å². The Hall–Kier alpha value is -2.01. The molecule has 0 aliphatic carbocycles. The van der Waals surface area contributed by atoms with Crippen LogP contribution < -0.4 is 5.43 Å². The molecule has 0 amide bonds. The number of nitrogens with one attached hydrogen (secondary N) is 1. The number of hydrogen-bond donors (Lipinski definition) is 1. The van der Waals surface area contributed by atoms with Crippen molar-refractivity contribution in [3.8, 4) is 0 Å². The average Bonchev–Trinajstić information content (AvgIpc) is 2.88. The first-order valence-corrected chi connectivity index (χ1v) is 8.60. The Morgan fingerprint density at radius 1 is 1.13 bits per heavy atom. The van der Waals surface area contributed by atoms with Crippen LogP contribution in [0.1, 0.15) is 38.3 Å². The van der Waals surface area contributed by atoms with Crippen LogP contribution in [0.3, 0.4) is 0 Å². The van der Waals surface area contributed by atoms with Gasteiger partial charge in [-0.2, -0.15) is 5.10 Å². The van der Waals surface area contributed by atoms with Crippen LogP contribution in [0, 0.1) is 0 Å². The second-order valence-electron chi connectivity index (χ2n) is 5.90. The highest BCUT2D eigenvalue weighted by Gasteiger charge is 2.12. The first-order valence-electron chi connectivity index (χ1n) is 8.19. The van der Waals surface area contributed by atoms with Crippen molar-refractivity contribution < 1.29 is 0 Å². The quantitative estimate of drug-likeness (QED) is 0.519. The lowest BCUT2D eigenvalue weighted by atomic mass is 10.1. The molecule has 120 valence electrons. The molecule has 0 saturated carbocycles. The van der Waals surface area contributed by atoms with Crippen LogP contribution >= 0.6 is 12.2 Å². The van der Waals surface area contributed by atoms with Gasteiger partial charge in [0.15, 0.2) is 5.11 Å². The highest BCUT2D eigenvalue weighted by molar-refractivity contribution is 7.80. The molecule has 1 fully saturated rings. The van der Waals surface area contributed by atoms with Crippen LogP contribution in [0.2, 0.25) is 0 Å². The SMILES string of the molecule is C/C(=N\NC(=S)N1CCCCCC1)c1nccc2ccccc12. The summed E-state index contributed by atoms with van der Waals surface area (Å²) in [6.45, 7) is 4.01. The van der Waals surface area contributed by atoms with Gasteiger partial charge in [0.05, 0.1) is 11.4 Å². The van der Waals surface area contributed by atoms with Gasteiger partial charge in [0.25, 0.3) is 0 Å². The van der Waals surface area contributed by atoms with E-state index >= 15 is 0 Å². The van der Waals surface area contributed by atoms with Crippen LogP contribution in [-0.4, -0.2) is 33.8 Å². The Morgan fingerprint density at radius 2 is 1.87 bits per heavy atom. The zero-order chi connectivity index (χ0) is 16.1. The first-order chi connectivity index (χ1) is 11.3. The Morgan fingerprint density at radius 3 is 2.65 bits per heavy atom. The third-order valence-electron chi connectivity index (χ3n) is 4.23. The number of rotatable bonds is 2. The van der Waals surface area contributed by atoms with Crippen LogP contribution in [0.15, 0.2) is 41.6 Å². The molecule has 23 heavy (non-hydrogen) atoms. The van der Waals surface area contributed by atoms with Crippen molar-refractivity contribution in [1.82, 2.24) is 15.3 Å². The predicted octanol–water partition coefficient (Wildman–Crippen LogP) is 3.71. The van der Waals surface area contributed by atoms with Gasteiger partial charge in [-0.15, -0.1) is 0 Å². The minimum atomic E-state index is 0.714. The predicted molar refractivity (Wildman–Crippen MR) is 99.7 cm³/mol. The van der Waals surface area contributed by atoms with Gasteiger partial charge in [0, 0.05) is 24.7 Å². The number of likely N-dealkylation sites (tertiary alicyclic amines) is 1. The fourth-order valence-electron chi connectivity index (χ4n) is 2.94. The number of pyridine rings is 1. The summed E-state index contributed by atoms with van der Waals surface area (Å²) in [7, 11) is 0. The molecule has 0 radical (unpaired) electrons. The lowest BCUT2D eigenvalue weighted by Crippen LogP contribution is -2.38. The third-order valence-corrected chi connectivity index (χ3v) is 4.58. The van der Waals surface area contributed by atoms with Crippen molar-refractivity contribution >= 4 is 33.8 Å². The summed E-state index contributed by atoms with van der Waals surface area (Å²) in [6, 6.07) is 10.2. The second-order valence-corrected chi connectivity index (χ2v) is 6.28. The summed E-state index contributed by atoms with van der Waals surface area (Å²) in [5.74, 6) is 0. The van der Waals surface area contributed by atoms with Gasteiger partial charge in [0.1, 0.15) is 0 Å². The van der Waals surface area contributed by atoms with Crippen molar-refractivity contribution in [2.45, 2.75) is 32.6 Å². The van der Waals surface area contributed by atoms with Crippen LogP contribution in [-0.2, 0) is 0 Å². The number of benzene rings is 1. The van der Waals surface area contributed by atoms with Gasteiger partial charge >= 0.3 is 0 Å². The van der Waals surface area contributed by atoms with E-state index in [2.05, 4.69) is 32.5 Å². The fraction of sp³-hybridized carbons (Fsp3) is 0.389. The summed E-state index contributed by atoms with van der Waals surface area (Å²) in [5, 5.41) is 7.46. The van der Waals surface area contributed by atoms with Gasteiger partial charge in [-0.3, -0.25) is 10.4 Å². The summed E-state index contributed by atoms with van der Waals surface area (Å²) in [6.07, 6.45) is 6.82. The van der Waals surface area contributed by atoms with E-state index in [0.29, 0.717) is 5.11 Å². The maximum Gasteiger partial charge on any atom is 0.189 e. The number of aromatic nitrogens is 1. The van der Waals surface area contributed by atoms with Gasteiger partial charge < -0.3 is 4.90 Å². The van der Waals surface area contributed by atoms with E-state index in [4.69, 9.17) is 12.2 Å². The highest BCUT2D eigenvalue weighted by Crippen LogP contribution is 2.17. The van der Waals surface area contributed by atoms with Crippen molar-refractivity contribution in [3.63, 3.8) is 0 Å². The molecule has 0 spiro atoms. The fourth-order valence-corrected chi connectivity index (χ4v) is 3.17. The van der Waals surface area contributed by atoms with E-state index in [9.17, 15) is 0 Å². The number of hydrogen-bond acceptors (Lipinski definition) is 3. The molecule has 0 unspecified atom stereocenters. The lowest BCUT2D eigenvalue weighted by Gasteiger charge is -2.22. The summed E-state index contributed by atoms with van der Waals surface area (Å²) in [4.78, 5) is 6.70. The van der Waals surface area contributed by atoms with Crippen molar-refractivity contribution in [2.75, 3.05) is 13.1 Å². The van der Waals surface area contributed by atoms with E-state index in [1.165, 1.54) is 31.1 Å². The molecule has 4 nitrogen and oxygen atoms in total. The van der Waals surface area contributed by atoms with Crippen molar-refractivity contribution in [2.24, 2.45) is 5.10 Å². The monoisotopic (exact) mass is 326 g/mol. The van der Waals surface area contributed by atoms with Gasteiger partial charge in [0.2, 0.25) is 0 Å². The maximum absolute atomic E-state index is 5.49. The normalized spacial score (nSPS) is 16.2. The van der Waals surface area contributed by atoms with Crippen LogP contribution in [0.25, 0.3) is 10.8 Å². The topological polar surface area (TPSA) is 40.5 Å². The zero-order valence-electron chi connectivity index (χ0n) is 13.5. The standard InChI is InChI=1S/C18H22N4S/c1-14(17-16-9-5-4-8-15(16)10-11-19-17)20-21-18(23)22-12-6-2-3-7-13-22/h4-5,8-11H,2-3,6-7,12-13H2,1H3,(H,21,23)/b20-14+. The summed E-state index contributed by atoms with van der Waals surface area (Å²) < 4.78 is 0. The molecule has 2 aromatic rings. The second kappa shape index (κ2) is 7.51. The number of thiocarbonyl (C=S) groups is 1. The molecule has 1 saturated heterocycles. The largest absolute Gasteiger partial charge is 0.348 e. The number of hydrazone groups is 1. The number of fused-ring (bicyclic) bond motifs is 1. The summed E-state index contributed by atoms with van der Waals surface area (Å²) >= 11 is 5.49. The molecule has 0 atom stereocenters. The van der Waals surface area contributed by atoms with Crippen LogP contribution in [0.4, 0.5) is 0 Å². The average molecular weight is 326 g/mol. The van der Waals surface area contributed by atoms with Gasteiger partial charge in [-0.05, 0) is 43.4 Å².